The molecule has 1 aliphatic rings. The Morgan fingerprint density at radius 3 is 2.00 bits per heavy atom. The van der Waals surface area contributed by atoms with E-state index in [0.717, 1.165) is 11.8 Å². The van der Waals surface area contributed by atoms with Crippen LogP contribution in [0, 0.1) is 0 Å². The lowest BCUT2D eigenvalue weighted by Crippen LogP contribution is -2.07. The molecular formula is C10H14S. The number of rotatable bonds is 0. The van der Waals surface area contributed by atoms with Crippen molar-refractivity contribution in [1.29, 1.82) is 0 Å². The minimum atomic E-state index is 0.812. The lowest BCUT2D eigenvalue weighted by Gasteiger charge is -2.23. The smallest absolute Gasteiger partial charge is 0.00556 e. The third kappa shape index (κ3) is 1.12. The maximum absolute atomic E-state index is 2.34. The summed E-state index contributed by atoms with van der Waals surface area (Å²) in [6.45, 7) is 4.69. The van der Waals surface area contributed by atoms with Crippen LogP contribution >= 0.6 is 11.3 Å². The van der Waals surface area contributed by atoms with E-state index in [2.05, 4.69) is 24.6 Å². The van der Waals surface area contributed by atoms with E-state index in [1.165, 1.54) is 12.8 Å². The van der Waals surface area contributed by atoms with Gasteiger partial charge in [0, 0.05) is 0 Å². The quantitative estimate of drug-likeness (QED) is 0.550. The molecule has 0 bridgehead atoms. The van der Waals surface area contributed by atoms with Crippen molar-refractivity contribution in [2.45, 2.75) is 38.5 Å². The highest BCUT2D eigenvalue weighted by atomic mass is 32.1. The van der Waals surface area contributed by atoms with E-state index >= 15 is 0 Å². The Balaban J connectivity index is 2.43. The second-order valence-electron chi connectivity index (χ2n) is 3.66. The van der Waals surface area contributed by atoms with Crippen LogP contribution in [0.25, 0.3) is 0 Å². The van der Waals surface area contributed by atoms with Crippen LogP contribution in [0.5, 0.6) is 0 Å². The highest BCUT2D eigenvalue weighted by Gasteiger charge is 2.21. The summed E-state index contributed by atoms with van der Waals surface area (Å²) >= 11 is 1.86. The topological polar surface area (TPSA) is 0 Å². The lowest BCUT2D eigenvalue weighted by molar-refractivity contribution is 0.530. The molecule has 1 heteroatoms. The fourth-order valence-electron chi connectivity index (χ4n) is 1.93. The van der Waals surface area contributed by atoms with Gasteiger partial charge in [-0.25, -0.2) is 0 Å². The summed E-state index contributed by atoms with van der Waals surface area (Å²) < 4.78 is 0. The highest BCUT2D eigenvalue weighted by molar-refractivity contribution is 7.08. The number of hydrogen-bond donors (Lipinski definition) is 0. The van der Waals surface area contributed by atoms with Crippen LogP contribution in [0.2, 0.25) is 0 Å². The second kappa shape index (κ2) is 2.63. The largest absolute Gasteiger partial charge is 0.152 e. The van der Waals surface area contributed by atoms with Gasteiger partial charge in [-0.2, -0.15) is 11.3 Å². The predicted octanol–water partition coefficient (Wildman–Crippen LogP) is 3.75. The molecule has 0 spiro atoms. The number of fused-ring (bicyclic) bond motifs is 1. The maximum atomic E-state index is 2.34. The molecule has 0 N–H and O–H groups in total. The zero-order chi connectivity index (χ0) is 7.84. The Kier molecular flexibility index (Phi) is 1.76. The monoisotopic (exact) mass is 166 g/mol. The van der Waals surface area contributed by atoms with E-state index in [1.807, 2.05) is 11.3 Å². The SMILES string of the molecule is CC1CCC(C)c2cscc21. The summed E-state index contributed by atoms with van der Waals surface area (Å²) in [4.78, 5) is 0. The second-order valence-corrected chi connectivity index (χ2v) is 4.41. The van der Waals surface area contributed by atoms with Gasteiger partial charge < -0.3 is 0 Å². The normalized spacial score (nSPS) is 30.0. The van der Waals surface area contributed by atoms with Gasteiger partial charge >= 0.3 is 0 Å². The molecule has 0 amide bonds. The summed E-state index contributed by atoms with van der Waals surface area (Å²) in [7, 11) is 0. The Morgan fingerprint density at radius 1 is 1.09 bits per heavy atom. The maximum Gasteiger partial charge on any atom is -0.00556 e. The van der Waals surface area contributed by atoms with E-state index in [9.17, 15) is 0 Å². The van der Waals surface area contributed by atoms with Crippen molar-refractivity contribution >= 4 is 11.3 Å². The Hall–Kier alpha value is -0.300. The van der Waals surface area contributed by atoms with Crippen LogP contribution < -0.4 is 0 Å². The van der Waals surface area contributed by atoms with Gasteiger partial charge in [0.05, 0.1) is 0 Å². The molecule has 1 aromatic heterocycles. The summed E-state index contributed by atoms with van der Waals surface area (Å²) in [5.74, 6) is 1.62. The molecule has 0 radical (unpaired) electrons. The van der Waals surface area contributed by atoms with E-state index in [4.69, 9.17) is 0 Å². The predicted molar refractivity (Wildman–Crippen MR) is 50.4 cm³/mol. The molecule has 0 saturated carbocycles. The van der Waals surface area contributed by atoms with Gasteiger partial charge in [0.15, 0.2) is 0 Å². The van der Waals surface area contributed by atoms with Crippen molar-refractivity contribution in [3.63, 3.8) is 0 Å². The molecule has 60 valence electrons. The third-order valence-corrected chi connectivity index (χ3v) is 3.60. The first-order valence-electron chi connectivity index (χ1n) is 4.35. The molecule has 0 saturated heterocycles. The standard InChI is InChI=1S/C10H14S/c1-7-3-4-8(2)10-6-11-5-9(7)10/h5-8H,3-4H2,1-2H3. The van der Waals surface area contributed by atoms with Crippen LogP contribution in [0.15, 0.2) is 10.8 Å². The van der Waals surface area contributed by atoms with Gasteiger partial charge in [0.25, 0.3) is 0 Å². The minimum absolute atomic E-state index is 0.812. The van der Waals surface area contributed by atoms with Crippen LogP contribution in [0.3, 0.4) is 0 Å². The molecule has 11 heavy (non-hydrogen) atoms. The lowest BCUT2D eigenvalue weighted by atomic mass is 9.81. The van der Waals surface area contributed by atoms with E-state index in [0.29, 0.717) is 0 Å². The van der Waals surface area contributed by atoms with Crippen molar-refractivity contribution in [3.05, 3.63) is 21.9 Å². The zero-order valence-corrected chi connectivity index (χ0v) is 7.95. The van der Waals surface area contributed by atoms with E-state index in [1.54, 1.807) is 11.1 Å². The van der Waals surface area contributed by atoms with Gasteiger partial charge in [0.2, 0.25) is 0 Å². The first-order chi connectivity index (χ1) is 5.29. The summed E-state index contributed by atoms with van der Waals surface area (Å²) in [6, 6.07) is 0. The Bertz CT molecular complexity index is 225. The average molecular weight is 166 g/mol. The molecular weight excluding hydrogens is 152 g/mol. The zero-order valence-electron chi connectivity index (χ0n) is 7.13. The minimum Gasteiger partial charge on any atom is -0.152 e. The average Bonchev–Trinajstić information content (AvgIpc) is 2.45. The van der Waals surface area contributed by atoms with Crippen molar-refractivity contribution in [3.8, 4) is 0 Å². The molecule has 2 unspecified atom stereocenters. The number of thiophene rings is 1. The van der Waals surface area contributed by atoms with E-state index in [-0.39, 0.29) is 0 Å². The van der Waals surface area contributed by atoms with E-state index < -0.39 is 0 Å². The summed E-state index contributed by atoms with van der Waals surface area (Å²) in [5.41, 5.74) is 3.24. The van der Waals surface area contributed by atoms with Gasteiger partial charge in [-0.15, -0.1) is 0 Å². The molecule has 0 fully saturated rings. The van der Waals surface area contributed by atoms with Gasteiger partial charge in [-0.3, -0.25) is 0 Å². The molecule has 1 heterocycles. The summed E-state index contributed by atoms with van der Waals surface area (Å²) in [6.07, 6.45) is 2.76. The third-order valence-electron chi connectivity index (χ3n) is 2.82. The van der Waals surface area contributed by atoms with Crippen molar-refractivity contribution in [2.24, 2.45) is 0 Å². The highest BCUT2D eigenvalue weighted by Crippen LogP contribution is 2.39. The van der Waals surface area contributed by atoms with Crippen LogP contribution in [0.1, 0.15) is 49.7 Å². The van der Waals surface area contributed by atoms with Gasteiger partial charge in [-0.1, -0.05) is 13.8 Å². The molecule has 0 aromatic carbocycles. The molecule has 2 atom stereocenters. The first-order valence-corrected chi connectivity index (χ1v) is 5.29. The Morgan fingerprint density at radius 2 is 1.55 bits per heavy atom. The summed E-state index contributed by atoms with van der Waals surface area (Å²) in [5, 5.41) is 4.66. The first kappa shape index (κ1) is 7.35. The molecule has 0 nitrogen and oxygen atoms in total. The molecule has 0 aliphatic heterocycles. The van der Waals surface area contributed by atoms with Crippen LogP contribution in [0.4, 0.5) is 0 Å². The fraction of sp³-hybridized carbons (Fsp3) is 0.600. The van der Waals surface area contributed by atoms with Gasteiger partial charge in [-0.05, 0) is 46.6 Å². The van der Waals surface area contributed by atoms with Crippen LogP contribution in [-0.2, 0) is 0 Å². The van der Waals surface area contributed by atoms with Crippen molar-refractivity contribution in [2.75, 3.05) is 0 Å². The molecule has 1 aromatic rings. The van der Waals surface area contributed by atoms with Crippen LogP contribution in [-0.4, -0.2) is 0 Å². The molecule has 2 rings (SSSR count). The van der Waals surface area contributed by atoms with Crippen molar-refractivity contribution in [1.82, 2.24) is 0 Å². The van der Waals surface area contributed by atoms with Gasteiger partial charge in [0.1, 0.15) is 0 Å². The fourth-order valence-corrected chi connectivity index (χ4v) is 3.03. The molecule has 1 aliphatic carbocycles. The van der Waals surface area contributed by atoms with Crippen molar-refractivity contribution < 1.29 is 0 Å². The Labute approximate surface area is 72.3 Å². The number of hydrogen-bond acceptors (Lipinski definition) is 1.